The molecule has 1 aliphatic heterocycles. The summed E-state index contributed by atoms with van der Waals surface area (Å²) in [5.41, 5.74) is 0.194. The van der Waals surface area contributed by atoms with E-state index in [0.717, 1.165) is 25.0 Å². The molecule has 2 aliphatic rings. The van der Waals surface area contributed by atoms with Gasteiger partial charge in [-0.1, -0.05) is 0 Å². The first-order chi connectivity index (χ1) is 9.84. The number of nitrogens with one attached hydrogen (secondary N) is 2. The fourth-order valence-corrected chi connectivity index (χ4v) is 2.89. The third-order valence-electron chi connectivity index (χ3n) is 4.07. The SMILES string of the molecule is O=C(O)N[C@@H]1C[C@H](C2CC2)Nc2ccc(C(F)(F)F)cc21. The first-order valence-corrected chi connectivity index (χ1v) is 6.82. The van der Waals surface area contributed by atoms with Crippen molar-refractivity contribution in [3.63, 3.8) is 0 Å². The first kappa shape index (κ1) is 14.0. The van der Waals surface area contributed by atoms with Gasteiger partial charge in [0.1, 0.15) is 0 Å². The van der Waals surface area contributed by atoms with Gasteiger partial charge in [0.15, 0.2) is 0 Å². The highest BCUT2D eigenvalue weighted by Gasteiger charge is 2.39. The van der Waals surface area contributed by atoms with Crippen LogP contribution in [0, 0.1) is 5.92 Å². The lowest BCUT2D eigenvalue weighted by Crippen LogP contribution is -2.38. The van der Waals surface area contributed by atoms with E-state index >= 15 is 0 Å². The molecule has 3 rings (SSSR count). The molecular weight excluding hydrogens is 285 g/mol. The summed E-state index contributed by atoms with van der Waals surface area (Å²) in [6, 6.07) is 2.96. The zero-order valence-electron chi connectivity index (χ0n) is 11.1. The van der Waals surface area contributed by atoms with Crippen LogP contribution in [0.5, 0.6) is 0 Å². The van der Waals surface area contributed by atoms with Crippen LogP contribution < -0.4 is 10.6 Å². The fourth-order valence-electron chi connectivity index (χ4n) is 2.89. The molecular formula is C14H15F3N2O2. The second-order valence-electron chi connectivity index (χ2n) is 5.63. The molecule has 2 atom stereocenters. The average molecular weight is 300 g/mol. The maximum absolute atomic E-state index is 12.8. The molecule has 1 aromatic carbocycles. The zero-order valence-corrected chi connectivity index (χ0v) is 11.1. The van der Waals surface area contributed by atoms with E-state index < -0.39 is 23.9 Å². The van der Waals surface area contributed by atoms with Crippen molar-refractivity contribution in [1.82, 2.24) is 5.32 Å². The Hall–Kier alpha value is -1.92. The highest BCUT2D eigenvalue weighted by Crippen LogP contribution is 2.44. The maximum Gasteiger partial charge on any atom is 0.416 e. The molecule has 0 spiro atoms. The van der Waals surface area contributed by atoms with Crippen molar-refractivity contribution in [3.05, 3.63) is 29.3 Å². The second kappa shape index (κ2) is 4.82. The van der Waals surface area contributed by atoms with Crippen molar-refractivity contribution in [1.29, 1.82) is 0 Å². The predicted octanol–water partition coefficient (Wildman–Crippen LogP) is 3.61. The summed E-state index contributed by atoms with van der Waals surface area (Å²) in [5, 5.41) is 14.5. The first-order valence-electron chi connectivity index (χ1n) is 6.82. The van der Waals surface area contributed by atoms with Crippen molar-refractivity contribution in [2.75, 3.05) is 5.32 Å². The molecule has 0 saturated heterocycles. The topological polar surface area (TPSA) is 61.4 Å². The van der Waals surface area contributed by atoms with Crippen LogP contribution in [0.25, 0.3) is 0 Å². The maximum atomic E-state index is 12.8. The Morgan fingerprint density at radius 2 is 2.05 bits per heavy atom. The lowest BCUT2D eigenvalue weighted by atomic mass is 9.89. The Labute approximate surface area is 119 Å². The van der Waals surface area contributed by atoms with Crippen LogP contribution in [0.3, 0.4) is 0 Å². The number of hydrogen-bond donors (Lipinski definition) is 3. The summed E-state index contributed by atoms with van der Waals surface area (Å²) in [6.07, 6.45) is -3.03. The largest absolute Gasteiger partial charge is 0.465 e. The van der Waals surface area contributed by atoms with E-state index in [1.807, 2.05) is 0 Å². The lowest BCUT2D eigenvalue weighted by molar-refractivity contribution is -0.137. The minimum Gasteiger partial charge on any atom is -0.465 e. The van der Waals surface area contributed by atoms with E-state index in [2.05, 4.69) is 10.6 Å². The van der Waals surface area contributed by atoms with Gasteiger partial charge in [-0.05, 0) is 48.9 Å². The normalized spacial score (nSPS) is 24.9. The molecule has 3 N–H and O–H groups in total. The van der Waals surface area contributed by atoms with E-state index in [0.29, 0.717) is 23.6 Å². The number of benzene rings is 1. The van der Waals surface area contributed by atoms with Crippen LogP contribution in [0.1, 0.15) is 36.4 Å². The van der Waals surface area contributed by atoms with Gasteiger partial charge in [-0.15, -0.1) is 0 Å². The number of anilines is 1. The van der Waals surface area contributed by atoms with E-state index in [1.165, 1.54) is 6.07 Å². The van der Waals surface area contributed by atoms with Gasteiger partial charge in [-0.25, -0.2) is 4.79 Å². The van der Waals surface area contributed by atoms with Gasteiger partial charge >= 0.3 is 12.3 Å². The molecule has 7 heteroatoms. The third kappa shape index (κ3) is 2.91. The molecule has 0 radical (unpaired) electrons. The Morgan fingerprint density at radius 3 is 2.62 bits per heavy atom. The highest BCUT2D eigenvalue weighted by atomic mass is 19.4. The lowest BCUT2D eigenvalue weighted by Gasteiger charge is -2.33. The van der Waals surface area contributed by atoms with Crippen LogP contribution in [0.2, 0.25) is 0 Å². The minimum atomic E-state index is -4.43. The molecule has 4 nitrogen and oxygen atoms in total. The summed E-state index contributed by atoms with van der Waals surface area (Å²) < 4.78 is 38.4. The summed E-state index contributed by atoms with van der Waals surface area (Å²) >= 11 is 0. The number of hydrogen-bond acceptors (Lipinski definition) is 2. The zero-order chi connectivity index (χ0) is 15.2. The quantitative estimate of drug-likeness (QED) is 0.782. The Kier molecular flexibility index (Phi) is 3.22. The Balaban J connectivity index is 1.95. The van der Waals surface area contributed by atoms with Gasteiger partial charge in [0.05, 0.1) is 11.6 Å². The molecule has 1 fully saturated rings. The minimum absolute atomic E-state index is 0.117. The summed E-state index contributed by atoms with van der Waals surface area (Å²) in [5.74, 6) is 0.485. The number of halogens is 3. The van der Waals surface area contributed by atoms with Gasteiger partial charge in [-0.2, -0.15) is 13.2 Å². The molecule has 114 valence electrons. The van der Waals surface area contributed by atoms with Gasteiger partial charge in [-0.3, -0.25) is 0 Å². The Morgan fingerprint density at radius 1 is 1.33 bits per heavy atom. The fraction of sp³-hybridized carbons (Fsp3) is 0.500. The van der Waals surface area contributed by atoms with Crippen molar-refractivity contribution in [3.8, 4) is 0 Å². The molecule has 0 bridgehead atoms. The van der Waals surface area contributed by atoms with E-state index in [9.17, 15) is 18.0 Å². The van der Waals surface area contributed by atoms with E-state index in [1.54, 1.807) is 0 Å². The highest BCUT2D eigenvalue weighted by molar-refractivity contribution is 5.67. The van der Waals surface area contributed by atoms with Crippen LogP contribution >= 0.6 is 0 Å². The van der Waals surface area contributed by atoms with Crippen LogP contribution in [0.4, 0.5) is 23.7 Å². The second-order valence-corrected chi connectivity index (χ2v) is 5.63. The number of carbonyl (C=O) groups is 1. The smallest absolute Gasteiger partial charge is 0.416 e. The van der Waals surface area contributed by atoms with Crippen LogP contribution in [-0.4, -0.2) is 17.2 Å². The summed E-state index contributed by atoms with van der Waals surface area (Å²) in [4.78, 5) is 10.9. The average Bonchev–Trinajstić information content (AvgIpc) is 3.20. The van der Waals surface area contributed by atoms with Crippen LogP contribution in [0.15, 0.2) is 18.2 Å². The number of amides is 1. The number of alkyl halides is 3. The molecule has 1 amide bonds. The number of rotatable bonds is 2. The summed E-state index contributed by atoms with van der Waals surface area (Å²) in [7, 11) is 0. The van der Waals surface area contributed by atoms with Gasteiger partial charge in [0.2, 0.25) is 0 Å². The van der Waals surface area contributed by atoms with Gasteiger partial charge < -0.3 is 15.7 Å². The molecule has 1 heterocycles. The van der Waals surface area contributed by atoms with Gasteiger partial charge in [0.25, 0.3) is 0 Å². The molecule has 1 saturated carbocycles. The summed E-state index contributed by atoms with van der Waals surface area (Å²) in [6.45, 7) is 0. The van der Waals surface area contributed by atoms with Crippen molar-refractivity contribution in [2.45, 2.75) is 37.5 Å². The van der Waals surface area contributed by atoms with E-state index in [-0.39, 0.29) is 6.04 Å². The molecule has 1 aromatic rings. The molecule has 1 aliphatic carbocycles. The molecule has 0 unspecified atom stereocenters. The standard InChI is InChI=1S/C14H15F3N2O2/c15-14(16,17)8-3-4-10-9(5-8)12(19-13(20)21)6-11(18-10)7-1-2-7/h3-5,7,11-12,18-19H,1-2,6H2,(H,20,21)/t11-,12-/m1/s1. The Bertz CT molecular complexity index is 570. The van der Waals surface area contributed by atoms with Gasteiger partial charge in [0, 0.05) is 11.7 Å². The molecule has 21 heavy (non-hydrogen) atoms. The number of carboxylic acid groups (broad SMARTS) is 1. The number of fused-ring (bicyclic) bond motifs is 1. The van der Waals surface area contributed by atoms with Crippen molar-refractivity contribution in [2.24, 2.45) is 5.92 Å². The van der Waals surface area contributed by atoms with Crippen molar-refractivity contribution < 1.29 is 23.1 Å². The third-order valence-corrected chi connectivity index (χ3v) is 4.07. The van der Waals surface area contributed by atoms with Crippen molar-refractivity contribution >= 4 is 11.8 Å². The predicted molar refractivity (Wildman–Crippen MR) is 70.1 cm³/mol. The molecule has 0 aromatic heterocycles. The van der Waals surface area contributed by atoms with E-state index in [4.69, 9.17) is 5.11 Å². The monoisotopic (exact) mass is 300 g/mol. The van der Waals surface area contributed by atoms with Crippen LogP contribution in [-0.2, 0) is 6.18 Å².